The molecule has 0 saturated heterocycles. The van der Waals surface area contributed by atoms with Gasteiger partial charge in [0.1, 0.15) is 5.75 Å². The first kappa shape index (κ1) is 14.7. The quantitative estimate of drug-likeness (QED) is 0.885. The van der Waals surface area contributed by atoms with Crippen LogP contribution in [0.15, 0.2) is 24.3 Å². The van der Waals surface area contributed by atoms with Crippen LogP contribution in [-0.4, -0.2) is 17.6 Å². The number of rotatable bonds is 2. The van der Waals surface area contributed by atoms with Crippen molar-refractivity contribution in [2.45, 2.75) is 50.5 Å². The van der Waals surface area contributed by atoms with Crippen LogP contribution in [0.4, 0.5) is 13.2 Å². The van der Waals surface area contributed by atoms with Gasteiger partial charge in [-0.3, -0.25) is 0 Å². The molecule has 1 N–H and O–H groups in total. The van der Waals surface area contributed by atoms with Crippen LogP contribution in [0.2, 0.25) is 0 Å². The van der Waals surface area contributed by atoms with Crippen LogP contribution < -0.4 is 4.74 Å². The molecule has 0 radical (unpaired) electrons. The van der Waals surface area contributed by atoms with E-state index in [0.717, 1.165) is 31.2 Å². The van der Waals surface area contributed by atoms with Crippen LogP contribution >= 0.6 is 0 Å². The molecule has 116 valence electrons. The molecule has 1 aromatic rings. The zero-order valence-corrected chi connectivity index (χ0v) is 11.6. The predicted molar refractivity (Wildman–Crippen MR) is 71.9 cm³/mol. The third-order valence-electron chi connectivity index (χ3n) is 4.70. The fourth-order valence-corrected chi connectivity index (χ4v) is 4.03. The van der Waals surface area contributed by atoms with Crippen LogP contribution in [0.3, 0.4) is 0 Å². The largest absolute Gasteiger partial charge is 0.573 e. The number of halogens is 3. The van der Waals surface area contributed by atoms with E-state index in [4.69, 9.17) is 0 Å². The summed E-state index contributed by atoms with van der Waals surface area (Å²) in [5.41, 5.74) is 1.08. The van der Waals surface area contributed by atoms with Crippen molar-refractivity contribution in [3.8, 4) is 5.75 Å². The van der Waals surface area contributed by atoms with Gasteiger partial charge < -0.3 is 9.84 Å². The molecular weight excluding hydrogens is 281 g/mol. The highest BCUT2D eigenvalue weighted by Crippen LogP contribution is 2.46. The Balaban J connectivity index is 1.67. The van der Waals surface area contributed by atoms with Crippen molar-refractivity contribution in [2.24, 2.45) is 11.8 Å². The molecule has 2 aliphatic carbocycles. The minimum absolute atomic E-state index is 0.169. The number of aliphatic hydroxyl groups is 1. The molecule has 0 aliphatic heterocycles. The second kappa shape index (κ2) is 5.52. The maximum atomic E-state index is 12.1. The summed E-state index contributed by atoms with van der Waals surface area (Å²) in [6.45, 7) is 0. The lowest BCUT2D eigenvalue weighted by atomic mass is 9.66. The van der Waals surface area contributed by atoms with Gasteiger partial charge in [-0.25, -0.2) is 0 Å². The number of alkyl halides is 3. The average Bonchev–Trinajstić information content (AvgIpc) is 2.36. The van der Waals surface area contributed by atoms with Crippen LogP contribution in [0.5, 0.6) is 5.75 Å². The fraction of sp³-hybridized carbons (Fsp3) is 0.625. The normalized spacial score (nSPS) is 32.8. The van der Waals surface area contributed by atoms with Crippen LogP contribution in [0.25, 0.3) is 0 Å². The first-order valence-corrected chi connectivity index (χ1v) is 7.43. The molecule has 0 spiro atoms. The maximum absolute atomic E-state index is 12.1. The lowest BCUT2D eigenvalue weighted by molar-refractivity contribution is -0.274. The van der Waals surface area contributed by atoms with Crippen molar-refractivity contribution in [3.63, 3.8) is 0 Å². The molecule has 0 heterocycles. The van der Waals surface area contributed by atoms with Crippen molar-refractivity contribution < 1.29 is 23.0 Å². The van der Waals surface area contributed by atoms with Crippen molar-refractivity contribution in [1.29, 1.82) is 0 Å². The highest BCUT2D eigenvalue weighted by molar-refractivity contribution is 5.30. The molecule has 0 unspecified atom stereocenters. The SMILES string of the molecule is OC1C[C@H]2CC(c3ccc(OC(F)(F)F)cc3)C[C@H](C1)C2. The number of aliphatic hydroxyl groups excluding tert-OH is 1. The van der Waals surface area contributed by atoms with Gasteiger partial charge in [0.25, 0.3) is 0 Å². The fourth-order valence-electron chi connectivity index (χ4n) is 4.03. The Hall–Kier alpha value is -1.23. The van der Waals surface area contributed by atoms with E-state index in [9.17, 15) is 18.3 Å². The molecular formula is C16H19F3O2. The number of benzene rings is 1. The molecule has 2 saturated carbocycles. The van der Waals surface area contributed by atoms with Crippen LogP contribution in [0.1, 0.15) is 43.6 Å². The Morgan fingerprint density at radius 1 is 0.905 bits per heavy atom. The molecule has 1 aromatic carbocycles. The third-order valence-corrected chi connectivity index (χ3v) is 4.70. The summed E-state index contributed by atoms with van der Waals surface area (Å²) < 4.78 is 40.3. The van der Waals surface area contributed by atoms with Gasteiger partial charge in [-0.15, -0.1) is 13.2 Å². The zero-order valence-electron chi connectivity index (χ0n) is 11.6. The van der Waals surface area contributed by atoms with Gasteiger partial charge in [-0.1, -0.05) is 12.1 Å². The van der Waals surface area contributed by atoms with Gasteiger partial charge in [0.2, 0.25) is 0 Å². The molecule has 5 heteroatoms. The molecule has 2 aliphatic rings. The highest BCUT2D eigenvalue weighted by Gasteiger charge is 2.36. The molecule has 2 nitrogen and oxygen atoms in total. The first-order chi connectivity index (χ1) is 9.89. The molecule has 0 amide bonds. The number of hydrogen-bond acceptors (Lipinski definition) is 2. The molecule has 21 heavy (non-hydrogen) atoms. The smallest absolute Gasteiger partial charge is 0.406 e. The summed E-state index contributed by atoms with van der Waals surface area (Å²) in [6.07, 6.45) is 0.143. The summed E-state index contributed by atoms with van der Waals surface area (Å²) in [4.78, 5) is 0. The molecule has 2 atom stereocenters. The van der Waals surface area contributed by atoms with E-state index in [1.165, 1.54) is 18.6 Å². The summed E-state index contributed by atoms with van der Waals surface area (Å²) in [7, 11) is 0. The standard InChI is InChI=1S/C16H19F3O2/c17-16(18,19)21-15-3-1-12(2-4-15)13-6-10-5-11(7-13)9-14(20)8-10/h1-4,10-11,13-14,20H,5-9H2/t10-,11-,13?,14?/m1/s1. The summed E-state index contributed by atoms with van der Waals surface area (Å²) >= 11 is 0. The van der Waals surface area contributed by atoms with E-state index in [-0.39, 0.29) is 11.9 Å². The number of hydrogen-bond donors (Lipinski definition) is 1. The average molecular weight is 300 g/mol. The topological polar surface area (TPSA) is 29.5 Å². The van der Waals surface area contributed by atoms with E-state index in [1.54, 1.807) is 12.1 Å². The Kier molecular flexibility index (Phi) is 3.86. The molecule has 2 bridgehead atoms. The first-order valence-electron chi connectivity index (χ1n) is 7.43. The number of fused-ring (bicyclic) bond motifs is 2. The van der Waals surface area contributed by atoms with Gasteiger partial charge >= 0.3 is 6.36 Å². The Morgan fingerprint density at radius 3 is 2.00 bits per heavy atom. The monoisotopic (exact) mass is 300 g/mol. The summed E-state index contributed by atoms with van der Waals surface area (Å²) in [5, 5.41) is 9.79. The minimum atomic E-state index is -4.64. The molecule has 0 aromatic heterocycles. The van der Waals surface area contributed by atoms with Gasteiger partial charge in [0.05, 0.1) is 6.10 Å². The second-order valence-electron chi connectivity index (χ2n) is 6.38. The van der Waals surface area contributed by atoms with E-state index in [2.05, 4.69) is 4.74 Å². The second-order valence-corrected chi connectivity index (χ2v) is 6.38. The Labute approximate surface area is 121 Å². The Morgan fingerprint density at radius 2 is 1.48 bits per heavy atom. The summed E-state index contributed by atoms with van der Waals surface area (Å²) in [6, 6.07) is 6.26. The molecule has 2 fully saturated rings. The lowest BCUT2D eigenvalue weighted by Crippen LogP contribution is -2.32. The van der Waals surface area contributed by atoms with E-state index in [1.807, 2.05) is 0 Å². The van der Waals surface area contributed by atoms with Gasteiger partial charge in [0.15, 0.2) is 0 Å². The lowest BCUT2D eigenvalue weighted by Gasteiger charge is -2.41. The van der Waals surface area contributed by atoms with Gasteiger partial charge in [-0.2, -0.15) is 0 Å². The molecule has 3 rings (SSSR count). The third kappa shape index (κ3) is 3.70. The number of ether oxygens (including phenoxy) is 1. The van der Waals surface area contributed by atoms with E-state index in [0.29, 0.717) is 17.8 Å². The zero-order chi connectivity index (χ0) is 15.0. The van der Waals surface area contributed by atoms with E-state index < -0.39 is 6.36 Å². The van der Waals surface area contributed by atoms with Crippen molar-refractivity contribution in [1.82, 2.24) is 0 Å². The van der Waals surface area contributed by atoms with Crippen LogP contribution in [-0.2, 0) is 0 Å². The van der Waals surface area contributed by atoms with Gasteiger partial charge in [-0.05, 0) is 67.6 Å². The van der Waals surface area contributed by atoms with Crippen molar-refractivity contribution in [3.05, 3.63) is 29.8 Å². The minimum Gasteiger partial charge on any atom is -0.406 e. The van der Waals surface area contributed by atoms with Gasteiger partial charge in [0, 0.05) is 0 Å². The highest BCUT2D eigenvalue weighted by atomic mass is 19.4. The Bertz CT molecular complexity index is 465. The van der Waals surface area contributed by atoms with Crippen molar-refractivity contribution >= 4 is 0 Å². The van der Waals surface area contributed by atoms with Crippen molar-refractivity contribution in [2.75, 3.05) is 0 Å². The predicted octanol–water partition coefficient (Wildman–Crippen LogP) is 4.24. The van der Waals surface area contributed by atoms with E-state index >= 15 is 0 Å². The summed E-state index contributed by atoms with van der Waals surface area (Å²) in [5.74, 6) is 1.31. The van der Waals surface area contributed by atoms with Crippen LogP contribution in [0, 0.1) is 11.8 Å². The maximum Gasteiger partial charge on any atom is 0.573 e.